The van der Waals surface area contributed by atoms with Crippen LogP contribution in [0.2, 0.25) is 0 Å². The first-order valence-corrected chi connectivity index (χ1v) is 4.95. The molecular weight excluding hydrogens is 162 g/mol. The van der Waals surface area contributed by atoms with Crippen LogP contribution in [0.5, 0.6) is 0 Å². The number of hydrogen-bond acceptors (Lipinski definition) is 2. The third kappa shape index (κ3) is 2.57. The topological polar surface area (TPSA) is 43.1 Å². The van der Waals surface area contributed by atoms with Crippen molar-refractivity contribution in [3.63, 3.8) is 0 Å². The maximum absolute atomic E-state index is 11.7. The summed E-state index contributed by atoms with van der Waals surface area (Å²) in [5, 5.41) is 0. The second-order valence-electron chi connectivity index (χ2n) is 3.84. The van der Waals surface area contributed by atoms with E-state index in [4.69, 9.17) is 12.2 Å². The molecule has 0 amide bonds. The molecule has 0 aromatic carbocycles. The molecule has 0 aliphatic heterocycles. The first kappa shape index (κ1) is 10.3. The van der Waals surface area contributed by atoms with E-state index in [1.54, 1.807) is 0 Å². The summed E-state index contributed by atoms with van der Waals surface area (Å²) >= 11 is 0. The summed E-state index contributed by atoms with van der Waals surface area (Å²) in [5.41, 5.74) is 5.48. The van der Waals surface area contributed by atoms with Gasteiger partial charge in [0.25, 0.3) is 0 Å². The summed E-state index contributed by atoms with van der Waals surface area (Å²) < 4.78 is 0. The molecule has 13 heavy (non-hydrogen) atoms. The fourth-order valence-corrected chi connectivity index (χ4v) is 1.90. The van der Waals surface area contributed by atoms with Crippen molar-refractivity contribution in [3.05, 3.63) is 0 Å². The lowest BCUT2D eigenvalue weighted by Crippen LogP contribution is -2.49. The highest BCUT2D eigenvalue weighted by Gasteiger charge is 2.33. The monoisotopic (exact) mass is 179 g/mol. The summed E-state index contributed by atoms with van der Waals surface area (Å²) in [6.07, 6.45) is 11.1. The number of ketones is 1. The van der Waals surface area contributed by atoms with Gasteiger partial charge in [0.15, 0.2) is 5.78 Å². The lowest BCUT2D eigenvalue weighted by atomic mass is 9.78. The fraction of sp³-hybridized carbons (Fsp3) is 0.727. The number of hydrogen-bond donors (Lipinski definition) is 1. The van der Waals surface area contributed by atoms with Crippen molar-refractivity contribution in [1.29, 1.82) is 0 Å². The molecule has 1 aliphatic carbocycles. The summed E-state index contributed by atoms with van der Waals surface area (Å²) in [6.45, 7) is 0. The van der Waals surface area contributed by atoms with Gasteiger partial charge in [-0.05, 0) is 12.8 Å². The molecule has 2 N–H and O–H groups in total. The molecule has 1 aliphatic rings. The Morgan fingerprint density at radius 2 is 2.00 bits per heavy atom. The minimum absolute atomic E-state index is 0.158. The highest BCUT2D eigenvalue weighted by molar-refractivity contribution is 5.88. The largest absolute Gasteiger partial charge is 0.319 e. The van der Waals surface area contributed by atoms with E-state index in [2.05, 4.69) is 5.92 Å². The zero-order valence-electron chi connectivity index (χ0n) is 8.01. The van der Waals surface area contributed by atoms with E-state index >= 15 is 0 Å². The van der Waals surface area contributed by atoms with Gasteiger partial charge in [0.05, 0.1) is 5.54 Å². The summed E-state index contributed by atoms with van der Waals surface area (Å²) in [4.78, 5) is 11.7. The van der Waals surface area contributed by atoms with E-state index in [1.807, 2.05) is 0 Å². The highest BCUT2D eigenvalue weighted by atomic mass is 16.1. The van der Waals surface area contributed by atoms with Gasteiger partial charge in [0.1, 0.15) is 0 Å². The minimum Gasteiger partial charge on any atom is -0.319 e. The molecule has 0 unspecified atom stereocenters. The molecule has 0 bridgehead atoms. The molecule has 0 aromatic rings. The first-order valence-electron chi connectivity index (χ1n) is 4.95. The molecule has 0 atom stereocenters. The van der Waals surface area contributed by atoms with Crippen molar-refractivity contribution in [2.45, 2.75) is 50.5 Å². The summed E-state index contributed by atoms with van der Waals surface area (Å²) in [5.74, 6) is 2.64. The third-order valence-corrected chi connectivity index (χ3v) is 2.80. The molecule has 1 rings (SSSR count). The Bertz CT molecular complexity index is 221. The smallest absolute Gasteiger partial charge is 0.153 e. The second-order valence-corrected chi connectivity index (χ2v) is 3.84. The van der Waals surface area contributed by atoms with E-state index < -0.39 is 5.54 Å². The summed E-state index contributed by atoms with van der Waals surface area (Å²) in [6, 6.07) is 0. The van der Waals surface area contributed by atoms with Gasteiger partial charge in [-0.3, -0.25) is 4.79 Å². The number of carbonyl (C=O) groups is 1. The fourth-order valence-electron chi connectivity index (χ4n) is 1.90. The van der Waals surface area contributed by atoms with E-state index in [1.165, 1.54) is 6.42 Å². The van der Waals surface area contributed by atoms with Crippen LogP contribution in [0.1, 0.15) is 44.9 Å². The van der Waals surface area contributed by atoms with Gasteiger partial charge in [-0.25, -0.2) is 0 Å². The van der Waals surface area contributed by atoms with Crippen LogP contribution in [0.3, 0.4) is 0 Å². The van der Waals surface area contributed by atoms with Gasteiger partial charge in [0.2, 0.25) is 0 Å². The lowest BCUT2D eigenvalue weighted by Gasteiger charge is -2.31. The first-order chi connectivity index (χ1) is 6.19. The molecule has 0 spiro atoms. The number of rotatable bonds is 3. The van der Waals surface area contributed by atoms with Crippen molar-refractivity contribution in [2.24, 2.45) is 5.73 Å². The Hall–Kier alpha value is -0.810. The highest BCUT2D eigenvalue weighted by Crippen LogP contribution is 2.27. The predicted octanol–water partition coefficient (Wildman–Crippen LogP) is 1.63. The van der Waals surface area contributed by atoms with Crippen LogP contribution >= 0.6 is 0 Å². The number of nitrogens with two attached hydrogens (primary N) is 1. The third-order valence-electron chi connectivity index (χ3n) is 2.80. The molecule has 72 valence electrons. The standard InChI is InChI=1S/C11H17NO/c1-2-3-7-10(13)11(12)8-5-4-6-9-11/h1H,3-9,12H2. The van der Waals surface area contributed by atoms with Crippen LogP contribution in [-0.2, 0) is 4.79 Å². The van der Waals surface area contributed by atoms with E-state index in [0.29, 0.717) is 12.8 Å². The SMILES string of the molecule is C#CCCC(=O)C1(N)CCCCC1. The molecule has 1 saturated carbocycles. The van der Waals surface area contributed by atoms with Crippen LogP contribution in [0.15, 0.2) is 0 Å². The maximum Gasteiger partial charge on any atom is 0.153 e. The Morgan fingerprint density at radius 1 is 1.38 bits per heavy atom. The molecular formula is C11H17NO. The molecule has 1 fully saturated rings. The van der Waals surface area contributed by atoms with Gasteiger partial charge < -0.3 is 5.73 Å². The average molecular weight is 179 g/mol. The van der Waals surface area contributed by atoms with Crippen molar-refractivity contribution in [2.75, 3.05) is 0 Å². The van der Waals surface area contributed by atoms with Gasteiger partial charge in [-0.1, -0.05) is 19.3 Å². The van der Waals surface area contributed by atoms with Gasteiger partial charge in [-0.2, -0.15) is 0 Å². The molecule has 2 nitrogen and oxygen atoms in total. The van der Waals surface area contributed by atoms with E-state index in [0.717, 1.165) is 25.7 Å². The Labute approximate surface area is 79.9 Å². The number of terminal acetylenes is 1. The van der Waals surface area contributed by atoms with Crippen molar-refractivity contribution >= 4 is 5.78 Å². The Morgan fingerprint density at radius 3 is 2.54 bits per heavy atom. The Balaban J connectivity index is 2.47. The second kappa shape index (κ2) is 4.43. The molecule has 2 heteroatoms. The van der Waals surface area contributed by atoms with Gasteiger partial charge in [0, 0.05) is 12.8 Å². The van der Waals surface area contributed by atoms with Crippen molar-refractivity contribution < 1.29 is 4.79 Å². The van der Waals surface area contributed by atoms with Crippen LogP contribution < -0.4 is 5.73 Å². The van der Waals surface area contributed by atoms with Crippen molar-refractivity contribution in [1.82, 2.24) is 0 Å². The maximum atomic E-state index is 11.7. The van der Waals surface area contributed by atoms with Crippen LogP contribution in [0, 0.1) is 12.3 Å². The zero-order valence-corrected chi connectivity index (χ0v) is 8.01. The minimum atomic E-state index is -0.547. The summed E-state index contributed by atoms with van der Waals surface area (Å²) in [7, 11) is 0. The van der Waals surface area contributed by atoms with Crippen LogP contribution in [0.4, 0.5) is 0 Å². The average Bonchev–Trinajstić information content (AvgIpc) is 2.15. The predicted molar refractivity (Wildman–Crippen MR) is 53.1 cm³/mol. The van der Waals surface area contributed by atoms with Gasteiger partial charge >= 0.3 is 0 Å². The van der Waals surface area contributed by atoms with Crippen molar-refractivity contribution in [3.8, 4) is 12.3 Å². The number of Topliss-reactive ketones (excluding diaryl/α,β-unsaturated/α-hetero) is 1. The number of carbonyl (C=O) groups excluding carboxylic acids is 1. The Kier molecular flexibility index (Phi) is 3.50. The molecule has 0 aromatic heterocycles. The zero-order chi connectivity index (χ0) is 9.73. The molecule has 0 saturated heterocycles. The molecule has 0 heterocycles. The van der Waals surface area contributed by atoms with E-state index in [9.17, 15) is 4.79 Å². The quantitative estimate of drug-likeness (QED) is 0.669. The molecule has 0 radical (unpaired) electrons. The van der Waals surface area contributed by atoms with E-state index in [-0.39, 0.29) is 5.78 Å². The lowest BCUT2D eigenvalue weighted by molar-refractivity contribution is -0.125. The van der Waals surface area contributed by atoms with Gasteiger partial charge in [-0.15, -0.1) is 12.3 Å². The van der Waals surface area contributed by atoms with Crippen LogP contribution in [-0.4, -0.2) is 11.3 Å². The van der Waals surface area contributed by atoms with Crippen LogP contribution in [0.25, 0.3) is 0 Å². The normalized spacial score (nSPS) is 20.6.